The van der Waals surface area contributed by atoms with Crippen LogP contribution in [0.3, 0.4) is 0 Å². The van der Waals surface area contributed by atoms with Gasteiger partial charge >= 0.3 is 0 Å². The molecular formula is C12H18N6O. The van der Waals surface area contributed by atoms with E-state index in [2.05, 4.69) is 20.4 Å². The van der Waals surface area contributed by atoms with E-state index in [1.165, 1.54) is 0 Å². The molecule has 0 radical (unpaired) electrons. The molecule has 0 saturated heterocycles. The van der Waals surface area contributed by atoms with Crippen LogP contribution in [0.15, 0.2) is 12.3 Å². The maximum Gasteiger partial charge on any atom is 0.218 e. The molecule has 7 nitrogen and oxygen atoms in total. The molecule has 2 heterocycles. The van der Waals surface area contributed by atoms with Crippen LogP contribution in [0.25, 0.3) is 0 Å². The third-order valence-corrected chi connectivity index (χ3v) is 2.63. The van der Waals surface area contributed by atoms with E-state index in [0.29, 0.717) is 36.5 Å². The molecule has 3 N–H and O–H groups in total. The lowest BCUT2D eigenvalue weighted by atomic mass is 10.3. The van der Waals surface area contributed by atoms with E-state index < -0.39 is 0 Å². The molecule has 0 aliphatic heterocycles. The van der Waals surface area contributed by atoms with E-state index in [0.717, 1.165) is 5.56 Å². The van der Waals surface area contributed by atoms with Crippen molar-refractivity contribution in [2.24, 2.45) is 7.05 Å². The lowest BCUT2D eigenvalue weighted by Gasteiger charge is -2.08. The minimum Gasteiger partial charge on any atom is -0.478 e. The summed E-state index contributed by atoms with van der Waals surface area (Å²) in [5.41, 5.74) is 6.80. The first-order valence-corrected chi connectivity index (χ1v) is 6.09. The van der Waals surface area contributed by atoms with Crippen molar-refractivity contribution < 1.29 is 4.74 Å². The number of hydrogen-bond donors (Lipinski definition) is 2. The van der Waals surface area contributed by atoms with Gasteiger partial charge in [0.25, 0.3) is 0 Å². The summed E-state index contributed by atoms with van der Waals surface area (Å²) >= 11 is 0. The molecule has 19 heavy (non-hydrogen) atoms. The molecule has 0 spiro atoms. The molecule has 0 aliphatic carbocycles. The summed E-state index contributed by atoms with van der Waals surface area (Å²) in [5, 5.41) is 7.28. The minimum absolute atomic E-state index is 0.557. The normalized spacial score (nSPS) is 10.5. The molecule has 0 unspecified atom stereocenters. The summed E-state index contributed by atoms with van der Waals surface area (Å²) in [6, 6.07) is 1.77. The molecule has 2 aromatic rings. The molecule has 102 valence electrons. The van der Waals surface area contributed by atoms with Gasteiger partial charge < -0.3 is 15.8 Å². The Morgan fingerprint density at radius 2 is 2.21 bits per heavy atom. The highest BCUT2D eigenvalue weighted by Gasteiger charge is 2.06. The van der Waals surface area contributed by atoms with Crippen LogP contribution in [0.4, 0.5) is 11.6 Å². The van der Waals surface area contributed by atoms with Crippen LogP contribution in [0.2, 0.25) is 0 Å². The molecule has 0 saturated carbocycles. The fourth-order valence-electron chi connectivity index (χ4n) is 1.67. The van der Waals surface area contributed by atoms with Crippen LogP contribution < -0.4 is 15.8 Å². The van der Waals surface area contributed by atoms with Crippen LogP contribution in [0.1, 0.15) is 18.3 Å². The average molecular weight is 262 g/mol. The minimum atomic E-state index is 0.557. The van der Waals surface area contributed by atoms with E-state index in [9.17, 15) is 0 Å². The molecular weight excluding hydrogens is 244 g/mol. The van der Waals surface area contributed by atoms with Crippen LogP contribution >= 0.6 is 0 Å². The zero-order valence-electron chi connectivity index (χ0n) is 11.3. The second-order valence-electron chi connectivity index (χ2n) is 4.10. The standard InChI is InChI=1S/C12H18N6O/c1-4-19-11-5-10(16-8(2)17-11)14-6-9-7-15-18(3)12(9)13/h5,7H,4,6,13H2,1-3H3,(H,14,16,17). The lowest BCUT2D eigenvalue weighted by Crippen LogP contribution is -2.06. The SMILES string of the molecule is CCOc1cc(NCc2cnn(C)c2N)nc(C)n1. The van der Waals surface area contributed by atoms with Gasteiger partial charge in [-0.05, 0) is 13.8 Å². The molecule has 2 rings (SSSR count). The monoisotopic (exact) mass is 262 g/mol. The van der Waals surface area contributed by atoms with Crippen molar-refractivity contribution in [1.82, 2.24) is 19.7 Å². The largest absolute Gasteiger partial charge is 0.478 e. The van der Waals surface area contributed by atoms with Crippen molar-refractivity contribution in [1.29, 1.82) is 0 Å². The van der Waals surface area contributed by atoms with Crippen molar-refractivity contribution in [3.63, 3.8) is 0 Å². The third-order valence-electron chi connectivity index (χ3n) is 2.63. The van der Waals surface area contributed by atoms with Crippen molar-refractivity contribution in [2.45, 2.75) is 20.4 Å². The van der Waals surface area contributed by atoms with Gasteiger partial charge in [-0.1, -0.05) is 0 Å². The average Bonchev–Trinajstić information content (AvgIpc) is 2.67. The Morgan fingerprint density at radius 3 is 2.84 bits per heavy atom. The number of nitrogens with one attached hydrogen (secondary N) is 1. The smallest absolute Gasteiger partial charge is 0.218 e. The van der Waals surface area contributed by atoms with Crippen molar-refractivity contribution in [3.05, 3.63) is 23.7 Å². The van der Waals surface area contributed by atoms with E-state index in [-0.39, 0.29) is 0 Å². The van der Waals surface area contributed by atoms with E-state index in [1.54, 1.807) is 24.0 Å². The first-order valence-electron chi connectivity index (χ1n) is 6.09. The number of rotatable bonds is 5. The fourth-order valence-corrected chi connectivity index (χ4v) is 1.67. The number of nitrogens with zero attached hydrogens (tertiary/aromatic N) is 4. The van der Waals surface area contributed by atoms with Gasteiger partial charge in [0, 0.05) is 25.2 Å². The van der Waals surface area contributed by atoms with E-state index in [4.69, 9.17) is 10.5 Å². The maximum atomic E-state index is 5.88. The van der Waals surface area contributed by atoms with Crippen LogP contribution in [-0.4, -0.2) is 26.4 Å². The zero-order valence-corrected chi connectivity index (χ0v) is 11.3. The highest BCUT2D eigenvalue weighted by Crippen LogP contribution is 2.16. The van der Waals surface area contributed by atoms with Crippen molar-refractivity contribution in [3.8, 4) is 5.88 Å². The Hall–Kier alpha value is -2.31. The lowest BCUT2D eigenvalue weighted by molar-refractivity contribution is 0.325. The number of anilines is 2. The quantitative estimate of drug-likeness (QED) is 0.838. The van der Waals surface area contributed by atoms with Gasteiger partial charge in [0.2, 0.25) is 5.88 Å². The summed E-state index contributed by atoms with van der Waals surface area (Å²) in [6.07, 6.45) is 1.74. The number of nitrogen functional groups attached to an aromatic ring is 1. The number of aromatic nitrogens is 4. The highest BCUT2D eigenvalue weighted by molar-refractivity contribution is 5.44. The predicted octanol–water partition coefficient (Wildman–Crippen LogP) is 1.11. The predicted molar refractivity (Wildman–Crippen MR) is 72.9 cm³/mol. The Balaban J connectivity index is 2.08. The van der Waals surface area contributed by atoms with E-state index in [1.807, 2.05) is 13.8 Å². The molecule has 0 aromatic carbocycles. The fraction of sp³-hybridized carbons (Fsp3) is 0.417. The summed E-state index contributed by atoms with van der Waals surface area (Å²) in [7, 11) is 1.81. The first-order chi connectivity index (χ1) is 9.10. The molecule has 0 bridgehead atoms. The molecule has 0 aliphatic rings. The molecule has 0 amide bonds. The maximum absolute atomic E-state index is 5.88. The summed E-state index contributed by atoms with van der Waals surface area (Å²) < 4.78 is 7.01. The molecule has 0 fully saturated rings. The van der Waals surface area contributed by atoms with Crippen LogP contribution in [0.5, 0.6) is 5.88 Å². The summed E-state index contributed by atoms with van der Waals surface area (Å²) in [4.78, 5) is 8.48. The first kappa shape index (κ1) is 13.1. The van der Waals surface area contributed by atoms with Gasteiger partial charge in [-0.25, -0.2) is 4.98 Å². The summed E-state index contributed by atoms with van der Waals surface area (Å²) in [6.45, 7) is 4.88. The second kappa shape index (κ2) is 5.55. The third kappa shape index (κ3) is 3.12. The zero-order chi connectivity index (χ0) is 13.8. The van der Waals surface area contributed by atoms with Gasteiger partial charge in [-0.15, -0.1) is 0 Å². The molecule has 2 aromatic heterocycles. The topological polar surface area (TPSA) is 90.9 Å². The Morgan fingerprint density at radius 1 is 1.42 bits per heavy atom. The van der Waals surface area contributed by atoms with Gasteiger partial charge in [0.05, 0.1) is 12.8 Å². The Kier molecular flexibility index (Phi) is 3.84. The number of aryl methyl sites for hydroxylation is 2. The number of ether oxygens (including phenoxy) is 1. The van der Waals surface area contributed by atoms with E-state index >= 15 is 0 Å². The van der Waals surface area contributed by atoms with Gasteiger partial charge in [-0.3, -0.25) is 4.68 Å². The van der Waals surface area contributed by atoms with Crippen LogP contribution in [0, 0.1) is 6.92 Å². The highest BCUT2D eigenvalue weighted by atomic mass is 16.5. The summed E-state index contributed by atoms with van der Waals surface area (Å²) in [5.74, 6) is 2.58. The van der Waals surface area contributed by atoms with Crippen LogP contribution in [-0.2, 0) is 13.6 Å². The molecule has 7 heteroatoms. The van der Waals surface area contributed by atoms with Crippen molar-refractivity contribution in [2.75, 3.05) is 17.7 Å². The number of nitrogens with two attached hydrogens (primary N) is 1. The van der Waals surface area contributed by atoms with Gasteiger partial charge in [-0.2, -0.15) is 10.1 Å². The molecule has 0 atom stereocenters. The Labute approximate surface area is 111 Å². The van der Waals surface area contributed by atoms with Gasteiger partial charge in [0.15, 0.2) is 0 Å². The van der Waals surface area contributed by atoms with Gasteiger partial charge in [0.1, 0.15) is 17.5 Å². The van der Waals surface area contributed by atoms with Crippen molar-refractivity contribution >= 4 is 11.6 Å². The second-order valence-corrected chi connectivity index (χ2v) is 4.10. The number of hydrogen-bond acceptors (Lipinski definition) is 6. The Bertz CT molecular complexity index is 565.